The summed E-state index contributed by atoms with van der Waals surface area (Å²) in [6, 6.07) is 0. The molecule has 0 bridgehead atoms. The van der Waals surface area contributed by atoms with Gasteiger partial charge in [-0.05, 0) is 51.9 Å². The van der Waals surface area contributed by atoms with Crippen LogP contribution in [0.4, 0.5) is 0 Å². The highest BCUT2D eigenvalue weighted by Gasteiger charge is 2.17. The molecule has 0 saturated heterocycles. The van der Waals surface area contributed by atoms with Crippen LogP contribution in [0.25, 0.3) is 0 Å². The van der Waals surface area contributed by atoms with Crippen molar-refractivity contribution in [3.8, 4) is 0 Å². The molecule has 7 heteroatoms. The van der Waals surface area contributed by atoms with Gasteiger partial charge in [0.25, 0.3) is 0 Å². The SMILES string of the molecule is CCCCCCCCCCCCCCNCCCNCCCCOP(=O)(O)OC. The van der Waals surface area contributed by atoms with E-state index in [9.17, 15) is 4.57 Å². The van der Waals surface area contributed by atoms with E-state index in [1.807, 2.05) is 0 Å². The molecule has 6 nitrogen and oxygen atoms in total. The molecule has 0 aliphatic heterocycles. The lowest BCUT2D eigenvalue weighted by atomic mass is 10.1. The van der Waals surface area contributed by atoms with Crippen molar-refractivity contribution in [1.29, 1.82) is 0 Å². The van der Waals surface area contributed by atoms with Gasteiger partial charge in [-0.3, -0.25) is 9.05 Å². The van der Waals surface area contributed by atoms with Gasteiger partial charge in [0.15, 0.2) is 0 Å². The van der Waals surface area contributed by atoms with Crippen LogP contribution < -0.4 is 10.6 Å². The Balaban J connectivity index is 3.06. The van der Waals surface area contributed by atoms with Gasteiger partial charge in [-0.15, -0.1) is 0 Å². The molecule has 0 aliphatic rings. The molecule has 0 aromatic heterocycles. The van der Waals surface area contributed by atoms with Crippen LogP contribution in [0.1, 0.15) is 103 Å². The first-order valence-corrected chi connectivity index (χ1v) is 13.6. The minimum atomic E-state index is -3.80. The van der Waals surface area contributed by atoms with Crippen molar-refractivity contribution >= 4 is 7.82 Å². The standard InChI is InChI=1S/C22H49N2O4P/c1-3-4-5-6-7-8-9-10-11-12-13-14-18-23-20-17-21-24-19-15-16-22-28-29(25,26)27-2/h23-24H,3-22H2,1-2H3,(H,25,26). The van der Waals surface area contributed by atoms with Crippen molar-refractivity contribution in [3.63, 3.8) is 0 Å². The molecule has 0 amide bonds. The number of rotatable bonds is 24. The molecule has 3 N–H and O–H groups in total. The van der Waals surface area contributed by atoms with E-state index in [-0.39, 0.29) is 6.61 Å². The van der Waals surface area contributed by atoms with Crippen LogP contribution in [0, 0.1) is 0 Å². The molecule has 0 spiro atoms. The van der Waals surface area contributed by atoms with Crippen molar-refractivity contribution in [1.82, 2.24) is 10.6 Å². The third-order valence-corrected chi connectivity index (χ3v) is 6.12. The lowest BCUT2D eigenvalue weighted by Gasteiger charge is -2.09. The summed E-state index contributed by atoms with van der Waals surface area (Å²) in [6.45, 7) is 6.64. The van der Waals surface area contributed by atoms with Crippen molar-refractivity contribution in [2.45, 2.75) is 103 Å². The minimum Gasteiger partial charge on any atom is -0.317 e. The van der Waals surface area contributed by atoms with Gasteiger partial charge in [0.1, 0.15) is 0 Å². The van der Waals surface area contributed by atoms with Crippen LogP contribution in [-0.2, 0) is 13.6 Å². The lowest BCUT2D eigenvalue weighted by Crippen LogP contribution is -2.23. The summed E-state index contributed by atoms with van der Waals surface area (Å²) in [7, 11) is -2.62. The molecule has 176 valence electrons. The summed E-state index contributed by atoms with van der Waals surface area (Å²) >= 11 is 0. The summed E-state index contributed by atoms with van der Waals surface area (Å²) in [5.41, 5.74) is 0. The van der Waals surface area contributed by atoms with Crippen LogP contribution in [0.5, 0.6) is 0 Å². The Bertz CT molecular complexity index is 373. The Hall–Kier alpha value is 0.0300. The molecule has 0 aliphatic carbocycles. The summed E-state index contributed by atoms with van der Waals surface area (Å²) in [4.78, 5) is 9.08. The predicted octanol–water partition coefficient (Wildman–Crippen LogP) is 5.80. The summed E-state index contributed by atoms with van der Waals surface area (Å²) in [5, 5.41) is 6.91. The molecule has 29 heavy (non-hydrogen) atoms. The summed E-state index contributed by atoms with van der Waals surface area (Å²) in [5.74, 6) is 0. The van der Waals surface area contributed by atoms with Gasteiger partial charge >= 0.3 is 7.82 Å². The summed E-state index contributed by atoms with van der Waals surface area (Å²) < 4.78 is 20.2. The zero-order valence-electron chi connectivity index (χ0n) is 19.3. The third-order valence-electron chi connectivity index (χ3n) is 5.15. The van der Waals surface area contributed by atoms with E-state index in [1.165, 1.54) is 84.2 Å². The molecule has 0 radical (unpaired) electrons. The first-order chi connectivity index (χ1) is 14.1. The third kappa shape index (κ3) is 24.2. The molecular weight excluding hydrogens is 387 g/mol. The lowest BCUT2D eigenvalue weighted by molar-refractivity contribution is 0.170. The van der Waals surface area contributed by atoms with Gasteiger partial charge < -0.3 is 15.5 Å². The number of nitrogens with one attached hydrogen (secondary N) is 2. The average Bonchev–Trinajstić information content (AvgIpc) is 2.71. The first-order valence-electron chi connectivity index (χ1n) is 12.1. The van der Waals surface area contributed by atoms with Crippen LogP contribution in [0.15, 0.2) is 0 Å². The van der Waals surface area contributed by atoms with E-state index in [0.717, 1.165) is 45.4 Å². The zero-order valence-corrected chi connectivity index (χ0v) is 20.2. The maximum absolute atomic E-state index is 11.1. The number of phosphoric acid groups is 1. The normalized spacial score (nSPS) is 13.6. The minimum absolute atomic E-state index is 0.254. The molecule has 0 heterocycles. The summed E-state index contributed by atoms with van der Waals surface area (Å²) in [6.07, 6.45) is 19.6. The second kappa shape index (κ2) is 22.7. The van der Waals surface area contributed by atoms with Crippen molar-refractivity contribution < 1.29 is 18.5 Å². The van der Waals surface area contributed by atoms with Gasteiger partial charge in [0.05, 0.1) is 6.61 Å². The van der Waals surface area contributed by atoms with Crippen LogP contribution >= 0.6 is 7.82 Å². The van der Waals surface area contributed by atoms with Crippen molar-refractivity contribution in [2.24, 2.45) is 0 Å². The highest BCUT2D eigenvalue weighted by molar-refractivity contribution is 7.47. The van der Waals surface area contributed by atoms with E-state index in [2.05, 4.69) is 22.1 Å². The highest BCUT2D eigenvalue weighted by atomic mass is 31.2. The monoisotopic (exact) mass is 436 g/mol. The Morgan fingerprint density at radius 2 is 1.07 bits per heavy atom. The largest absolute Gasteiger partial charge is 0.471 e. The Morgan fingerprint density at radius 1 is 0.655 bits per heavy atom. The average molecular weight is 437 g/mol. The fourth-order valence-electron chi connectivity index (χ4n) is 3.26. The topological polar surface area (TPSA) is 79.8 Å². The van der Waals surface area contributed by atoms with Gasteiger partial charge in [0, 0.05) is 7.11 Å². The molecule has 0 aromatic rings. The smallest absolute Gasteiger partial charge is 0.317 e. The number of unbranched alkanes of at least 4 members (excludes halogenated alkanes) is 12. The van der Waals surface area contributed by atoms with Gasteiger partial charge in [0.2, 0.25) is 0 Å². The van der Waals surface area contributed by atoms with E-state index in [0.29, 0.717) is 0 Å². The molecule has 1 atom stereocenters. The maximum Gasteiger partial charge on any atom is 0.471 e. The Kier molecular flexibility index (Phi) is 22.7. The first kappa shape index (κ1) is 29.0. The molecule has 0 fully saturated rings. The molecule has 0 saturated carbocycles. The fraction of sp³-hybridized carbons (Fsp3) is 1.00. The maximum atomic E-state index is 11.1. The Morgan fingerprint density at radius 3 is 1.55 bits per heavy atom. The molecule has 0 rings (SSSR count). The number of phosphoric ester groups is 1. The van der Waals surface area contributed by atoms with Crippen LogP contribution in [0.2, 0.25) is 0 Å². The fourth-order valence-corrected chi connectivity index (χ4v) is 3.73. The van der Waals surface area contributed by atoms with E-state index >= 15 is 0 Å². The van der Waals surface area contributed by atoms with Crippen molar-refractivity contribution in [2.75, 3.05) is 39.9 Å². The Labute approximate surface area is 180 Å². The second-order valence-corrected chi connectivity index (χ2v) is 9.49. The number of hydrogen-bond acceptors (Lipinski definition) is 5. The number of hydrogen-bond donors (Lipinski definition) is 3. The zero-order chi connectivity index (χ0) is 21.5. The molecular formula is C22H49N2O4P. The van der Waals surface area contributed by atoms with Crippen LogP contribution in [-0.4, -0.2) is 44.8 Å². The van der Waals surface area contributed by atoms with Crippen LogP contribution in [0.3, 0.4) is 0 Å². The predicted molar refractivity (Wildman–Crippen MR) is 123 cm³/mol. The van der Waals surface area contributed by atoms with Gasteiger partial charge in [-0.2, -0.15) is 0 Å². The van der Waals surface area contributed by atoms with E-state index in [4.69, 9.17) is 9.42 Å². The quantitative estimate of drug-likeness (QED) is 0.131. The van der Waals surface area contributed by atoms with E-state index in [1.54, 1.807) is 0 Å². The molecule has 1 unspecified atom stereocenters. The second-order valence-electron chi connectivity index (χ2n) is 7.93. The van der Waals surface area contributed by atoms with Gasteiger partial charge in [-0.25, -0.2) is 4.57 Å². The van der Waals surface area contributed by atoms with Gasteiger partial charge in [-0.1, -0.05) is 77.6 Å². The highest BCUT2D eigenvalue weighted by Crippen LogP contribution is 2.41. The van der Waals surface area contributed by atoms with Crippen molar-refractivity contribution in [3.05, 3.63) is 0 Å². The van der Waals surface area contributed by atoms with E-state index < -0.39 is 7.82 Å². The molecule has 0 aromatic carbocycles.